The van der Waals surface area contributed by atoms with Gasteiger partial charge in [-0.3, -0.25) is 33.3 Å². The summed E-state index contributed by atoms with van der Waals surface area (Å²) in [5.74, 6) is -4.04. The number of fused-ring (bicyclic) bond motifs is 8. The number of carbonyl (C=O) groups is 6. The van der Waals surface area contributed by atoms with Gasteiger partial charge < -0.3 is 45.4 Å². The van der Waals surface area contributed by atoms with Gasteiger partial charge in [0.15, 0.2) is 23.5 Å². The van der Waals surface area contributed by atoms with E-state index in [2.05, 4.69) is 38.8 Å². The third kappa shape index (κ3) is 9.47. The highest BCUT2D eigenvalue weighted by molar-refractivity contribution is 9.09. The molecule has 1 saturated heterocycles. The average molecular weight is 1010 g/mol. The SMILES string of the molecule is C[C@]12C=CC(=O)C=C1CC[C@@H]1[C@@H]2[C@@H](O)C[C@@]2(C)[C@H]1C[C@H]1O[C@@H](c3ccc(Cc4ccc5c(NC(=O)[C@H](CCC(=O)O)NC(=O)CNC(=O)CBr)cccc5c4)cc3)O[C@]12C(=O)COP(=O)(O)O. The van der Waals surface area contributed by atoms with Crippen LogP contribution in [0.4, 0.5) is 5.69 Å². The fourth-order valence-electron chi connectivity index (χ4n) is 11.8. The normalized spacial score (nSPS) is 30.0. The van der Waals surface area contributed by atoms with Crippen molar-refractivity contribution in [3.8, 4) is 0 Å². The van der Waals surface area contributed by atoms with E-state index in [4.69, 9.17) is 14.0 Å². The van der Waals surface area contributed by atoms with Crippen molar-refractivity contribution in [2.75, 3.05) is 23.8 Å². The number of ether oxygens (including phenoxy) is 2. The van der Waals surface area contributed by atoms with E-state index in [9.17, 15) is 53.3 Å². The molecule has 5 aliphatic rings. The zero-order valence-electron chi connectivity index (χ0n) is 36.8. The second-order valence-electron chi connectivity index (χ2n) is 18.7. The van der Waals surface area contributed by atoms with Crippen molar-refractivity contribution in [3.63, 3.8) is 0 Å². The summed E-state index contributed by atoms with van der Waals surface area (Å²) in [6.07, 6.45) is 4.28. The monoisotopic (exact) mass is 1010 g/mol. The zero-order valence-corrected chi connectivity index (χ0v) is 39.3. The van der Waals surface area contributed by atoms with E-state index in [0.717, 1.165) is 22.1 Å². The zero-order chi connectivity index (χ0) is 48.1. The van der Waals surface area contributed by atoms with Crippen LogP contribution in [0.1, 0.15) is 75.4 Å². The largest absolute Gasteiger partial charge is 0.481 e. The molecule has 0 spiro atoms. The van der Waals surface area contributed by atoms with Crippen LogP contribution in [0, 0.1) is 28.6 Å². The van der Waals surface area contributed by atoms with E-state index in [1.165, 1.54) is 0 Å². The Hall–Kier alpha value is -4.91. The van der Waals surface area contributed by atoms with E-state index >= 15 is 0 Å². The Labute approximate surface area is 394 Å². The molecular formula is C48H53BrN3O14P. The summed E-state index contributed by atoms with van der Waals surface area (Å²) in [5.41, 5.74) is 0.682. The minimum absolute atomic E-state index is 0.0140. The smallest absolute Gasteiger partial charge is 0.470 e. The van der Waals surface area contributed by atoms with Crippen LogP contribution in [-0.2, 0) is 53.8 Å². The molecule has 67 heavy (non-hydrogen) atoms. The number of halogens is 1. The second kappa shape index (κ2) is 18.9. The highest BCUT2D eigenvalue weighted by atomic mass is 79.9. The number of Topliss-reactive ketones (excluding diaryl/α,β-unsaturated/α-hetero) is 1. The third-order valence-electron chi connectivity index (χ3n) is 14.7. The molecule has 17 nitrogen and oxygen atoms in total. The molecule has 19 heteroatoms. The molecular weight excluding hydrogens is 953 g/mol. The topological polar surface area (TPSA) is 264 Å². The van der Waals surface area contributed by atoms with E-state index in [1.807, 2.05) is 61.5 Å². The number of aliphatic hydroxyl groups is 1. The van der Waals surface area contributed by atoms with Gasteiger partial charge in [-0.1, -0.05) is 96.0 Å². The van der Waals surface area contributed by atoms with Gasteiger partial charge in [0.1, 0.15) is 12.6 Å². The van der Waals surface area contributed by atoms with Gasteiger partial charge >= 0.3 is 13.8 Å². The number of hydrogen-bond acceptors (Lipinski definition) is 11. The second-order valence-corrected chi connectivity index (χ2v) is 20.5. The Morgan fingerprint density at radius 1 is 1.01 bits per heavy atom. The fraction of sp³-hybridized carbons (Fsp3) is 0.458. The van der Waals surface area contributed by atoms with E-state index in [-0.39, 0.29) is 54.7 Å². The van der Waals surface area contributed by atoms with Crippen molar-refractivity contribution in [2.45, 2.75) is 88.9 Å². The van der Waals surface area contributed by atoms with E-state index in [1.54, 1.807) is 24.3 Å². The number of nitrogens with one attached hydrogen (secondary N) is 3. The van der Waals surface area contributed by atoms with Gasteiger partial charge in [0.2, 0.25) is 17.7 Å². The summed E-state index contributed by atoms with van der Waals surface area (Å²) in [6, 6.07) is 17.4. The maximum absolute atomic E-state index is 14.4. The molecule has 10 atom stereocenters. The van der Waals surface area contributed by atoms with Crippen molar-refractivity contribution < 1.29 is 67.3 Å². The Morgan fingerprint density at radius 2 is 1.76 bits per heavy atom. The van der Waals surface area contributed by atoms with Gasteiger partial charge in [-0.2, -0.15) is 0 Å². The highest BCUT2D eigenvalue weighted by Crippen LogP contribution is 2.70. The first-order valence-electron chi connectivity index (χ1n) is 22.2. The first-order valence-corrected chi connectivity index (χ1v) is 24.8. The van der Waals surface area contributed by atoms with Crippen LogP contribution < -0.4 is 16.0 Å². The Kier molecular flexibility index (Phi) is 13.7. The van der Waals surface area contributed by atoms with Crippen LogP contribution in [0.2, 0.25) is 0 Å². The Balaban J connectivity index is 0.979. The lowest BCUT2D eigenvalue weighted by Crippen LogP contribution is -2.63. The third-order valence-corrected chi connectivity index (χ3v) is 15.7. The molecule has 4 fully saturated rings. The lowest BCUT2D eigenvalue weighted by atomic mass is 9.46. The highest BCUT2D eigenvalue weighted by Gasteiger charge is 2.76. The van der Waals surface area contributed by atoms with Crippen LogP contribution in [0.5, 0.6) is 0 Å². The Morgan fingerprint density at radius 3 is 2.48 bits per heavy atom. The number of amides is 3. The Bertz CT molecular complexity index is 2620. The molecule has 3 saturated carbocycles. The molecule has 1 heterocycles. The van der Waals surface area contributed by atoms with Gasteiger partial charge in [0.25, 0.3) is 0 Å². The molecule has 0 unspecified atom stereocenters. The number of phosphoric ester groups is 1. The number of anilines is 1. The molecule has 0 radical (unpaired) electrons. The van der Waals surface area contributed by atoms with Crippen LogP contribution in [0.3, 0.4) is 0 Å². The number of phosphoric acid groups is 1. The molecule has 4 aliphatic carbocycles. The summed E-state index contributed by atoms with van der Waals surface area (Å²) in [7, 11) is -5.04. The number of carboxylic acids is 1. The van der Waals surface area contributed by atoms with Crippen molar-refractivity contribution in [2.24, 2.45) is 28.6 Å². The van der Waals surface area contributed by atoms with Crippen molar-refractivity contribution >= 4 is 75.5 Å². The van der Waals surface area contributed by atoms with E-state index < -0.39 is 84.9 Å². The summed E-state index contributed by atoms with van der Waals surface area (Å²) in [4.78, 5) is 94.8. The molecule has 0 bridgehead atoms. The molecule has 356 valence electrons. The van der Waals surface area contributed by atoms with Crippen molar-refractivity contribution in [1.29, 1.82) is 0 Å². The number of carboxylic acid groups (broad SMARTS) is 1. The number of carbonyl (C=O) groups excluding carboxylic acids is 5. The number of hydrogen-bond donors (Lipinski definition) is 7. The molecule has 8 rings (SSSR count). The maximum atomic E-state index is 14.4. The maximum Gasteiger partial charge on any atom is 0.470 e. The quantitative estimate of drug-likeness (QED) is 0.0740. The average Bonchev–Trinajstić information content (AvgIpc) is 3.79. The van der Waals surface area contributed by atoms with Crippen LogP contribution in [0.25, 0.3) is 10.8 Å². The van der Waals surface area contributed by atoms with Crippen LogP contribution in [-0.4, -0.2) is 97.6 Å². The molecule has 1 aliphatic heterocycles. The minimum atomic E-state index is -5.04. The lowest BCUT2D eigenvalue weighted by molar-refractivity contribution is -0.200. The van der Waals surface area contributed by atoms with Crippen LogP contribution in [0.15, 0.2) is 84.5 Å². The number of aliphatic hydroxyl groups excluding tert-OH is 1. The van der Waals surface area contributed by atoms with Gasteiger partial charge in [-0.15, -0.1) is 0 Å². The minimum Gasteiger partial charge on any atom is -0.481 e. The first kappa shape index (κ1) is 48.5. The summed E-state index contributed by atoms with van der Waals surface area (Å²) >= 11 is 2.99. The standard InChI is InChI=1S/C48H53BrN3O14P/c1-46-17-16-31(53)20-30(46)11-13-33-34-21-39-48(38(55)25-64-67(61,62)63,47(34,2)22-37(54)43(33)46)66-45(65-39)28-9-6-26(7-10-28)18-27-8-12-32-29(19-27)4-3-5-35(32)52-44(60)36(14-15-42(58)59)51-41(57)24-50-40(56)23-49/h3-10,12,16-17,19-20,33-34,36-37,39,43,45,54H,11,13-15,18,21-25H2,1-2H3,(H,50,56)(H,51,57)(H,52,60)(H,58,59)(H2,61,62,63)/t33-,34-,36-,37-,39+,43+,45+,46-,47-,48+/m0/s1. The van der Waals surface area contributed by atoms with Crippen molar-refractivity contribution in [1.82, 2.24) is 10.6 Å². The fourth-order valence-corrected chi connectivity index (χ4v) is 12.3. The number of allylic oxidation sites excluding steroid dienone is 4. The van der Waals surface area contributed by atoms with Gasteiger partial charge in [-0.25, -0.2) is 4.57 Å². The summed E-state index contributed by atoms with van der Waals surface area (Å²) in [5, 5.41) is 30.5. The number of benzene rings is 3. The molecule has 3 aromatic rings. The molecule has 0 aromatic heterocycles. The summed E-state index contributed by atoms with van der Waals surface area (Å²) < 4.78 is 30.1. The summed E-state index contributed by atoms with van der Waals surface area (Å²) in [6.45, 7) is 2.66. The van der Waals surface area contributed by atoms with Gasteiger partial charge in [0.05, 0.1) is 24.1 Å². The number of ketones is 2. The molecule has 3 aromatic carbocycles. The first-order chi connectivity index (χ1) is 31.7. The predicted octanol–water partition coefficient (Wildman–Crippen LogP) is 4.95. The number of alkyl halides is 1. The predicted molar refractivity (Wildman–Crippen MR) is 245 cm³/mol. The number of aliphatic carboxylic acids is 1. The lowest BCUT2D eigenvalue weighted by Gasteiger charge is -2.59. The van der Waals surface area contributed by atoms with Gasteiger partial charge in [-0.05, 0) is 85.1 Å². The van der Waals surface area contributed by atoms with Gasteiger partial charge in [0, 0.05) is 39.8 Å². The number of rotatable bonds is 16. The van der Waals surface area contributed by atoms with Crippen molar-refractivity contribution in [3.05, 3.63) is 101 Å². The molecule has 7 N–H and O–H groups in total. The molecule has 3 amide bonds. The van der Waals surface area contributed by atoms with Crippen LogP contribution >= 0.6 is 23.8 Å². The van der Waals surface area contributed by atoms with E-state index in [0.29, 0.717) is 42.3 Å².